The Bertz CT molecular complexity index is 479. The maximum Gasteiger partial charge on any atom is 0.308 e. The van der Waals surface area contributed by atoms with Gasteiger partial charge in [0.25, 0.3) is 0 Å². The SMILES string of the molecule is CC1C=C2C=CC(C)C(CCC3CC(O)CC(=O)O3)C2[C]C1. The molecule has 3 nitrogen and oxygen atoms in total. The van der Waals surface area contributed by atoms with Crippen molar-refractivity contribution in [3.8, 4) is 0 Å². The zero-order valence-electron chi connectivity index (χ0n) is 13.5. The average molecular weight is 302 g/mol. The number of esters is 1. The van der Waals surface area contributed by atoms with Crippen LogP contribution in [-0.2, 0) is 9.53 Å². The molecule has 2 aliphatic carbocycles. The van der Waals surface area contributed by atoms with Crippen LogP contribution >= 0.6 is 0 Å². The van der Waals surface area contributed by atoms with E-state index >= 15 is 0 Å². The van der Waals surface area contributed by atoms with Crippen LogP contribution in [0.1, 0.15) is 46.0 Å². The van der Waals surface area contributed by atoms with Gasteiger partial charge in [-0.05, 0) is 54.9 Å². The molecule has 1 saturated heterocycles. The largest absolute Gasteiger partial charge is 0.462 e. The standard InChI is InChI=1S/C19H26O3/c1-12-3-7-18-14(9-12)5-4-13(2)17(18)8-6-16-10-15(20)11-19(21)22-16/h4-5,9,12-13,15-18,20H,3,6,8,10-11H2,1-2H3. The molecule has 1 N–H and O–H groups in total. The molecule has 0 aromatic heterocycles. The lowest BCUT2D eigenvalue weighted by atomic mass is 9.66. The van der Waals surface area contributed by atoms with Gasteiger partial charge in [-0.1, -0.05) is 32.1 Å². The van der Waals surface area contributed by atoms with Gasteiger partial charge < -0.3 is 9.84 Å². The summed E-state index contributed by atoms with van der Waals surface area (Å²) in [5, 5.41) is 9.72. The topological polar surface area (TPSA) is 46.5 Å². The molecule has 0 bridgehead atoms. The maximum atomic E-state index is 11.4. The van der Waals surface area contributed by atoms with Gasteiger partial charge in [0.2, 0.25) is 0 Å². The maximum absolute atomic E-state index is 11.4. The Hall–Kier alpha value is -1.09. The highest BCUT2D eigenvalue weighted by molar-refractivity contribution is 5.70. The smallest absolute Gasteiger partial charge is 0.308 e. The number of carbonyl (C=O) groups is 1. The average Bonchev–Trinajstić information content (AvgIpc) is 2.45. The first-order chi connectivity index (χ1) is 10.5. The van der Waals surface area contributed by atoms with Gasteiger partial charge in [-0.2, -0.15) is 0 Å². The number of carbonyl (C=O) groups excluding carboxylic acids is 1. The van der Waals surface area contributed by atoms with Gasteiger partial charge in [0.1, 0.15) is 6.10 Å². The van der Waals surface area contributed by atoms with Gasteiger partial charge in [-0.3, -0.25) is 4.79 Å². The minimum Gasteiger partial charge on any atom is -0.462 e. The normalized spacial score (nSPS) is 41.6. The molecule has 2 radical (unpaired) electrons. The third-order valence-electron chi connectivity index (χ3n) is 5.25. The Kier molecular flexibility index (Phi) is 4.72. The van der Waals surface area contributed by atoms with E-state index in [1.54, 1.807) is 0 Å². The van der Waals surface area contributed by atoms with Gasteiger partial charge in [-0.25, -0.2) is 0 Å². The number of aliphatic hydroxyl groups is 1. The van der Waals surface area contributed by atoms with Crippen LogP contribution in [0.15, 0.2) is 23.8 Å². The molecule has 3 aliphatic rings. The molecule has 1 fully saturated rings. The van der Waals surface area contributed by atoms with E-state index in [0.717, 1.165) is 19.3 Å². The second-order valence-electron chi connectivity index (χ2n) is 7.19. The molecule has 120 valence electrons. The first-order valence-electron chi connectivity index (χ1n) is 8.53. The predicted molar refractivity (Wildman–Crippen MR) is 84.7 cm³/mol. The van der Waals surface area contributed by atoms with Crippen molar-refractivity contribution < 1.29 is 14.6 Å². The van der Waals surface area contributed by atoms with Crippen molar-refractivity contribution >= 4 is 5.97 Å². The third-order valence-corrected chi connectivity index (χ3v) is 5.25. The van der Waals surface area contributed by atoms with Crippen LogP contribution < -0.4 is 0 Å². The summed E-state index contributed by atoms with van der Waals surface area (Å²) in [4.78, 5) is 11.4. The van der Waals surface area contributed by atoms with Gasteiger partial charge in [-0.15, -0.1) is 0 Å². The second kappa shape index (κ2) is 6.57. The molecule has 0 saturated carbocycles. The summed E-state index contributed by atoms with van der Waals surface area (Å²) >= 11 is 0. The summed E-state index contributed by atoms with van der Waals surface area (Å²) in [7, 11) is 0. The molecule has 3 heteroatoms. The molecule has 0 aromatic rings. The summed E-state index contributed by atoms with van der Waals surface area (Å²) in [5.41, 5.74) is 1.41. The van der Waals surface area contributed by atoms with Crippen LogP contribution in [0.2, 0.25) is 0 Å². The summed E-state index contributed by atoms with van der Waals surface area (Å²) in [6, 6.07) is 0. The summed E-state index contributed by atoms with van der Waals surface area (Å²) in [5.74, 6) is 1.79. The Morgan fingerprint density at radius 3 is 2.95 bits per heavy atom. The third kappa shape index (κ3) is 3.45. The molecule has 1 heterocycles. The van der Waals surface area contributed by atoms with Crippen molar-refractivity contribution in [2.24, 2.45) is 23.7 Å². The fourth-order valence-corrected chi connectivity index (χ4v) is 4.03. The van der Waals surface area contributed by atoms with Crippen LogP contribution in [0.3, 0.4) is 0 Å². The van der Waals surface area contributed by atoms with Gasteiger partial charge in [0.15, 0.2) is 0 Å². The number of ether oxygens (including phenoxy) is 1. The monoisotopic (exact) mass is 302 g/mol. The molecule has 0 spiro atoms. The quantitative estimate of drug-likeness (QED) is 0.814. The second-order valence-corrected chi connectivity index (χ2v) is 7.19. The van der Waals surface area contributed by atoms with E-state index in [4.69, 9.17) is 4.74 Å². The number of hydrogen-bond donors (Lipinski definition) is 1. The highest BCUT2D eigenvalue weighted by atomic mass is 16.5. The fourth-order valence-electron chi connectivity index (χ4n) is 4.03. The van der Waals surface area contributed by atoms with E-state index in [9.17, 15) is 9.90 Å². The lowest BCUT2D eigenvalue weighted by Gasteiger charge is -2.39. The van der Waals surface area contributed by atoms with E-state index in [0.29, 0.717) is 30.1 Å². The zero-order valence-corrected chi connectivity index (χ0v) is 13.5. The van der Waals surface area contributed by atoms with E-state index in [1.807, 2.05) is 0 Å². The van der Waals surface area contributed by atoms with Crippen LogP contribution in [-0.4, -0.2) is 23.3 Å². The lowest BCUT2D eigenvalue weighted by molar-refractivity contribution is -0.160. The van der Waals surface area contributed by atoms with Crippen molar-refractivity contribution in [3.05, 3.63) is 30.2 Å². The minimum absolute atomic E-state index is 0.121. The number of rotatable bonds is 3. The van der Waals surface area contributed by atoms with E-state index in [2.05, 4.69) is 38.5 Å². The number of cyclic esters (lactones) is 1. The zero-order chi connectivity index (χ0) is 15.7. The highest BCUT2D eigenvalue weighted by Crippen LogP contribution is 2.43. The number of aliphatic hydroxyl groups excluding tert-OH is 1. The number of fused-ring (bicyclic) bond motifs is 1. The summed E-state index contributed by atoms with van der Waals surface area (Å²) in [6.45, 7) is 4.50. The molecule has 0 aromatic carbocycles. The molecule has 6 unspecified atom stereocenters. The molecule has 1 aliphatic heterocycles. The van der Waals surface area contributed by atoms with E-state index in [1.165, 1.54) is 5.57 Å². The minimum atomic E-state index is -0.529. The first kappa shape index (κ1) is 15.8. The Morgan fingerprint density at radius 2 is 2.18 bits per heavy atom. The highest BCUT2D eigenvalue weighted by Gasteiger charge is 2.35. The summed E-state index contributed by atoms with van der Waals surface area (Å²) < 4.78 is 5.38. The van der Waals surface area contributed by atoms with Crippen LogP contribution in [0.4, 0.5) is 0 Å². The molecule has 6 atom stereocenters. The molecule has 0 amide bonds. The van der Waals surface area contributed by atoms with Crippen molar-refractivity contribution in [1.82, 2.24) is 0 Å². The van der Waals surface area contributed by atoms with Crippen molar-refractivity contribution in [2.75, 3.05) is 0 Å². The van der Waals surface area contributed by atoms with Crippen molar-refractivity contribution in [1.29, 1.82) is 0 Å². The van der Waals surface area contributed by atoms with E-state index in [-0.39, 0.29) is 18.5 Å². The summed E-state index contributed by atoms with van der Waals surface area (Å²) in [6.07, 6.45) is 13.6. The predicted octanol–water partition coefficient (Wildman–Crippen LogP) is 3.32. The molecular weight excluding hydrogens is 276 g/mol. The number of hydrogen-bond acceptors (Lipinski definition) is 3. The first-order valence-corrected chi connectivity index (χ1v) is 8.53. The van der Waals surface area contributed by atoms with Gasteiger partial charge >= 0.3 is 5.97 Å². The van der Waals surface area contributed by atoms with Gasteiger partial charge in [0.05, 0.1) is 12.5 Å². The Balaban J connectivity index is 1.63. The lowest BCUT2D eigenvalue weighted by Crippen LogP contribution is -2.34. The van der Waals surface area contributed by atoms with Crippen LogP contribution in [0, 0.1) is 30.1 Å². The Labute approximate surface area is 133 Å². The van der Waals surface area contributed by atoms with Gasteiger partial charge in [0, 0.05) is 6.42 Å². The van der Waals surface area contributed by atoms with Crippen LogP contribution in [0.25, 0.3) is 0 Å². The Morgan fingerprint density at radius 1 is 1.36 bits per heavy atom. The van der Waals surface area contributed by atoms with Crippen molar-refractivity contribution in [3.63, 3.8) is 0 Å². The molecule has 3 rings (SSSR count). The molecule has 22 heavy (non-hydrogen) atoms. The van der Waals surface area contributed by atoms with Crippen LogP contribution in [0.5, 0.6) is 0 Å². The fraction of sp³-hybridized carbons (Fsp3) is 0.684. The van der Waals surface area contributed by atoms with E-state index < -0.39 is 6.10 Å². The van der Waals surface area contributed by atoms with Crippen molar-refractivity contribution in [2.45, 2.75) is 58.2 Å². The molecular formula is C19H26O3. The number of allylic oxidation sites excluding steroid dienone is 4.